The van der Waals surface area contributed by atoms with Crippen molar-refractivity contribution < 1.29 is 0 Å². The molecule has 90 valence electrons. The van der Waals surface area contributed by atoms with Gasteiger partial charge in [-0.15, -0.1) is 0 Å². The molecule has 0 amide bonds. The standard InChI is InChI=1S/C12H22N4/c1-11(8-15-4-2-3-5-15)9-16-10-14-7-12(16)6-13/h7,10-11H,2-6,8-9,13H2,1H3. The first kappa shape index (κ1) is 11.6. The average molecular weight is 222 g/mol. The first-order chi connectivity index (χ1) is 7.79. The summed E-state index contributed by atoms with van der Waals surface area (Å²) >= 11 is 0. The molecule has 0 spiro atoms. The molecule has 1 aromatic rings. The zero-order valence-corrected chi connectivity index (χ0v) is 10.1. The third-order valence-electron chi connectivity index (χ3n) is 3.28. The second-order valence-electron chi connectivity index (χ2n) is 4.85. The lowest BCUT2D eigenvalue weighted by Crippen LogP contribution is -2.27. The zero-order chi connectivity index (χ0) is 11.4. The second-order valence-corrected chi connectivity index (χ2v) is 4.85. The van der Waals surface area contributed by atoms with Gasteiger partial charge in [0.1, 0.15) is 0 Å². The highest BCUT2D eigenvalue weighted by molar-refractivity contribution is 4.97. The Morgan fingerprint density at radius 3 is 2.81 bits per heavy atom. The van der Waals surface area contributed by atoms with Gasteiger partial charge in [-0.1, -0.05) is 6.92 Å². The van der Waals surface area contributed by atoms with E-state index in [1.165, 1.54) is 32.5 Å². The van der Waals surface area contributed by atoms with Crippen molar-refractivity contribution >= 4 is 0 Å². The molecule has 0 saturated carbocycles. The Balaban J connectivity index is 1.84. The third-order valence-corrected chi connectivity index (χ3v) is 3.28. The summed E-state index contributed by atoms with van der Waals surface area (Å²) in [5.74, 6) is 0.664. The molecule has 0 aromatic carbocycles. The lowest BCUT2D eigenvalue weighted by atomic mass is 10.1. The van der Waals surface area contributed by atoms with Crippen LogP contribution in [0.5, 0.6) is 0 Å². The third kappa shape index (κ3) is 2.83. The number of imidazole rings is 1. The van der Waals surface area contributed by atoms with Gasteiger partial charge < -0.3 is 15.2 Å². The van der Waals surface area contributed by atoms with Gasteiger partial charge in [-0.05, 0) is 31.8 Å². The Labute approximate surface area is 97.4 Å². The topological polar surface area (TPSA) is 47.1 Å². The molecule has 1 aliphatic heterocycles. The Kier molecular flexibility index (Phi) is 3.96. The van der Waals surface area contributed by atoms with Gasteiger partial charge >= 0.3 is 0 Å². The molecule has 0 aliphatic carbocycles. The summed E-state index contributed by atoms with van der Waals surface area (Å²) in [4.78, 5) is 6.71. The van der Waals surface area contributed by atoms with E-state index in [1.807, 2.05) is 12.5 Å². The zero-order valence-electron chi connectivity index (χ0n) is 10.1. The van der Waals surface area contributed by atoms with Gasteiger partial charge in [0, 0.05) is 25.8 Å². The summed E-state index contributed by atoms with van der Waals surface area (Å²) in [5, 5.41) is 0. The van der Waals surface area contributed by atoms with Crippen LogP contribution in [-0.2, 0) is 13.1 Å². The number of hydrogen-bond acceptors (Lipinski definition) is 3. The maximum atomic E-state index is 5.66. The normalized spacial score (nSPS) is 19.1. The van der Waals surface area contributed by atoms with E-state index in [0.29, 0.717) is 12.5 Å². The van der Waals surface area contributed by atoms with Crippen molar-refractivity contribution in [3.05, 3.63) is 18.2 Å². The van der Waals surface area contributed by atoms with Crippen molar-refractivity contribution in [2.75, 3.05) is 19.6 Å². The van der Waals surface area contributed by atoms with E-state index in [-0.39, 0.29) is 0 Å². The molecule has 1 atom stereocenters. The number of rotatable bonds is 5. The van der Waals surface area contributed by atoms with E-state index >= 15 is 0 Å². The molecule has 1 aliphatic rings. The Hall–Kier alpha value is -0.870. The molecule has 1 fully saturated rings. The summed E-state index contributed by atoms with van der Waals surface area (Å²) < 4.78 is 2.18. The summed E-state index contributed by atoms with van der Waals surface area (Å²) in [7, 11) is 0. The molecule has 1 saturated heterocycles. The van der Waals surface area contributed by atoms with E-state index in [2.05, 4.69) is 21.4 Å². The van der Waals surface area contributed by atoms with Crippen LogP contribution in [-0.4, -0.2) is 34.1 Å². The molecule has 0 bridgehead atoms. The number of nitrogens with two attached hydrogens (primary N) is 1. The summed E-state index contributed by atoms with van der Waals surface area (Å²) in [6.07, 6.45) is 6.49. The second kappa shape index (κ2) is 5.46. The van der Waals surface area contributed by atoms with Gasteiger partial charge in [0.15, 0.2) is 0 Å². The minimum Gasteiger partial charge on any atom is -0.333 e. The highest BCUT2D eigenvalue weighted by Crippen LogP contribution is 2.12. The van der Waals surface area contributed by atoms with Crippen LogP contribution < -0.4 is 5.73 Å². The number of hydrogen-bond donors (Lipinski definition) is 1. The van der Waals surface area contributed by atoms with E-state index in [1.54, 1.807) is 0 Å². The molecule has 4 nitrogen and oxygen atoms in total. The van der Waals surface area contributed by atoms with E-state index in [0.717, 1.165) is 12.2 Å². The van der Waals surface area contributed by atoms with E-state index in [9.17, 15) is 0 Å². The first-order valence-corrected chi connectivity index (χ1v) is 6.21. The summed E-state index contributed by atoms with van der Waals surface area (Å²) in [6, 6.07) is 0. The van der Waals surface area contributed by atoms with Crippen LogP contribution >= 0.6 is 0 Å². The molecule has 16 heavy (non-hydrogen) atoms. The van der Waals surface area contributed by atoms with Gasteiger partial charge in [-0.2, -0.15) is 0 Å². The highest BCUT2D eigenvalue weighted by Gasteiger charge is 2.15. The van der Waals surface area contributed by atoms with Crippen LogP contribution in [0.3, 0.4) is 0 Å². The quantitative estimate of drug-likeness (QED) is 0.811. The summed E-state index contributed by atoms with van der Waals surface area (Å²) in [5.41, 5.74) is 6.80. The van der Waals surface area contributed by atoms with Crippen molar-refractivity contribution in [3.63, 3.8) is 0 Å². The maximum Gasteiger partial charge on any atom is 0.0948 e. The molecule has 4 heteroatoms. The maximum absolute atomic E-state index is 5.66. The molecular weight excluding hydrogens is 200 g/mol. The smallest absolute Gasteiger partial charge is 0.0948 e. The fraction of sp³-hybridized carbons (Fsp3) is 0.750. The predicted octanol–water partition coefficient (Wildman–Crippen LogP) is 1.07. The van der Waals surface area contributed by atoms with Crippen molar-refractivity contribution in [1.82, 2.24) is 14.5 Å². The molecule has 1 unspecified atom stereocenters. The van der Waals surface area contributed by atoms with Crippen molar-refractivity contribution in [2.24, 2.45) is 11.7 Å². The van der Waals surface area contributed by atoms with Crippen LogP contribution in [0.25, 0.3) is 0 Å². The molecule has 2 rings (SSSR count). The molecule has 0 radical (unpaired) electrons. The lowest BCUT2D eigenvalue weighted by molar-refractivity contribution is 0.270. The molecule has 1 aromatic heterocycles. The van der Waals surface area contributed by atoms with E-state index < -0.39 is 0 Å². The molecule has 2 N–H and O–H groups in total. The first-order valence-electron chi connectivity index (χ1n) is 6.21. The Morgan fingerprint density at radius 1 is 1.38 bits per heavy atom. The summed E-state index contributed by atoms with van der Waals surface area (Å²) in [6.45, 7) is 7.66. The average Bonchev–Trinajstić information content (AvgIpc) is 2.88. The van der Waals surface area contributed by atoms with Crippen LogP contribution in [0.2, 0.25) is 0 Å². The fourth-order valence-electron chi connectivity index (χ4n) is 2.48. The van der Waals surface area contributed by atoms with Crippen LogP contribution in [0.4, 0.5) is 0 Å². The van der Waals surface area contributed by atoms with Gasteiger partial charge in [-0.25, -0.2) is 4.98 Å². The van der Waals surface area contributed by atoms with Crippen molar-refractivity contribution in [1.29, 1.82) is 0 Å². The lowest BCUT2D eigenvalue weighted by Gasteiger charge is -2.21. The SMILES string of the molecule is CC(CN1CCCC1)Cn1cncc1CN. The van der Waals surface area contributed by atoms with E-state index in [4.69, 9.17) is 5.73 Å². The largest absolute Gasteiger partial charge is 0.333 e. The predicted molar refractivity (Wildman–Crippen MR) is 65.0 cm³/mol. The monoisotopic (exact) mass is 222 g/mol. The van der Waals surface area contributed by atoms with Gasteiger partial charge in [-0.3, -0.25) is 0 Å². The van der Waals surface area contributed by atoms with Crippen molar-refractivity contribution in [2.45, 2.75) is 32.9 Å². The van der Waals surface area contributed by atoms with Crippen molar-refractivity contribution in [3.8, 4) is 0 Å². The highest BCUT2D eigenvalue weighted by atomic mass is 15.1. The Morgan fingerprint density at radius 2 is 2.12 bits per heavy atom. The number of likely N-dealkylation sites (tertiary alicyclic amines) is 1. The van der Waals surface area contributed by atoms with Crippen LogP contribution in [0.15, 0.2) is 12.5 Å². The Bertz CT molecular complexity index is 315. The van der Waals surface area contributed by atoms with Gasteiger partial charge in [0.25, 0.3) is 0 Å². The van der Waals surface area contributed by atoms with Crippen LogP contribution in [0.1, 0.15) is 25.5 Å². The van der Waals surface area contributed by atoms with Gasteiger partial charge in [0.2, 0.25) is 0 Å². The fourth-order valence-corrected chi connectivity index (χ4v) is 2.48. The minimum atomic E-state index is 0.580. The number of nitrogens with zero attached hydrogens (tertiary/aromatic N) is 3. The van der Waals surface area contributed by atoms with Gasteiger partial charge in [0.05, 0.1) is 12.0 Å². The molecule has 2 heterocycles. The molecular formula is C12H22N4. The number of aromatic nitrogens is 2. The van der Waals surface area contributed by atoms with Crippen LogP contribution in [0, 0.1) is 5.92 Å². The minimum absolute atomic E-state index is 0.580.